The van der Waals surface area contributed by atoms with Gasteiger partial charge < -0.3 is 5.32 Å². The van der Waals surface area contributed by atoms with Crippen LogP contribution in [0.1, 0.15) is 51.0 Å². The zero-order valence-electron chi connectivity index (χ0n) is 16.7. The number of aromatic amines is 1. The minimum absolute atomic E-state index is 0.111. The average Bonchev–Trinajstić information content (AvgIpc) is 3.44. The molecule has 3 atom stereocenters. The lowest BCUT2D eigenvalue weighted by Gasteiger charge is -2.15. The highest BCUT2D eigenvalue weighted by Gasteiger charge is 2.51. The maximum absolute atomic E-state index is 14.2. The molecule has 160 valence electrons. The van der Waals surface area contributed by atoms with Crippen LogP contribution in [0.15, 0.2) is 36.4 Å². The third-order valence-electron chi connectivity index (χ3n) is 6.01. The number of halogens is 2. The van der Waals surface area contributed by atoms with E-state index < -0.39 is 23.6 Å². The summed E-state index contributed by atoms with van der Waals surface area (Å²) in [4.78, 5) is 29.7. The van der Waals surface area contributed by atoms with Crippen LogP contribution >= 0.6 is 0 Å². The molecule has 7 nitrogen and oxygen atoms in total. The Morgan fingerprint density at radius 1 is 1.28 bits per heavy atom. The second kappa shape index (κ2) is 7.64. The molecule has 2 N–H and O–H groups in total. The maximum atomic E-state index is 14.2. The van der Waals surface area contributed by atoms with Gasteiger partial charge in [0.2, 0.25) is 5.82 Å². The first-order valence-corrected chi connectivity index (χ1v) is 10.1. The van der Waals surface area contributed by atoms with Gasteiger partial charge in [-0.05, 0) is 53.1 Å². The molecule has 9 heteroatoms. The van der Waals surface area contributed by atoms with Gasteiger partial charge in [-0.25, -0.2) is 13.8 Å². The van der Waals surface area contributed by atoms with Gasteiger partial charge in [-0.1, -0.05) is 12.1 Å². The molecular formula is C23H17F2N5O2. The summed E-state index contributed by atoms with van der Waals surface area (Å²) in [5, 5.41) is 18.3. The van der Waals surface area contributed by atoms with Gasteiger partial charge >= 0.3 is 0 Å². The summed E-state index contributed by atoms with van der Waals surface area (Å²) in [6, 6.07) is 10.3. The first-order chi connectivity index (χ1) is 15.4. The Hall–Kier alpha value is -3.93. The maximum Gasteiger partial charge on any atom is 0.291 e. The number of rotatable bonds is 4. The van der Waals surface area contributed by atoms with Crippen molar-refractivity contribution >= 4 is 11.7 Å². The molecule has 2 aromatic carbocycles. The number of aromatic nitrogens is 3. The van der Waals surface area contributed by atoms with E-state index in [0.717, 1.165) is 11.6 Å². The van der Waals surface area contributed by atoms with Gasteiger partial charge in [0, 0.05) is 18.9 Å². The summed E-state index contributed by atoms with van der Waals surface area (Å²) in [6.07, 6.45) is 0.720. The molecule has 32 heavy (non-hydrogen) atoms. The van der Waals surface area contributed by atoms with Crippen LogP contribution in [-0.2, 0) is 17.6 Å². The van der Waals surface area contributed by atoms with Crippen LogP contribution in [0.2, 0.25) is 0 Å². The average molecular weight is 433 g/mol. The first kappa shape index (κ1) is 20.0. The fraction of sp³-hybridized carbons (Fsp3) is 0.261. The fourth-order valence-electron chi connectivity index (χ4n) is 4.42. The molecule has 5 rings (SSSR count). The molecule has 1 saturated carbocycles. The zero-order chi connectivity index (χ0) is 22.4. The van der Waals surface area contributed by atoms with Crippen LogP contribution < -0.4 is 5.32 Å². The number of Topliss-reactive ketones (excluding diaryl/α,β-unsaturated/α-hetero) is 1. The van der Waals surface area contributed by atoms with Crippen molar-refractivity contribution in [3.8, 4) is 6.07 Å². The van der Waals surface area contributed by atoms with Crippen LogP contribution in [0.4, 0.5) is 8.78 Å². The number of benzene rings is 2. The predicted octanol–water partition coefficient (Wildman–Crippen LogP) is 2.57. The highest BCUT2D eigenvalue weighted by Crippen LogP contribution is 2.53. The van der Waals surface area contributed by atoms with Crippen LogP contribution in [-0.4, -0.2) is 32.9 Å². The minimum atomic E-state index is -0.809. The Kier molecular flexibility index (Phi) is 4.78. The van der Waals surface area contributed by atoms with E-state index in [1.54, 1.807) is 18.2 Å². The molecule has 1 fully saturated rings. The molecule has 0 bridgehead atoms. The van der Waals surface area contributed by atoms with E-state index in [1.165, 1.54) is 6.07 Å². The van der Waals surface area contributed by atoms with E-state index in [-0.39, 0.29) is 35.4 Å². The Morgan fingerprint density at radius 3 is 2.94 bits per heavy atom. The monoisotopic (exact) mass is 433 g/mol. The van der Waals surface area contributed by atoms with Crippen molar-refractivity contribution in [2.24, 2.45) is 5.92 Å². The number of carbonyl (C=O) groups is 2. The summed E-state index contributed by atoms with van der Waals surface area (Å²) in [7, 11) is 0. The van der Waals surface area contributed by atoms with Crippen molar-refractivity contribution in [2.75, 3.05) is 0 Å². The largest absolute Gasteiger partial charge is 0.339 e. The van der Waals surface area contributed by atoms with Gasteiger partial charge in [-0.3, -0.25) is 14.7 Å². The van der Waals surface area contributed by atoms with Gasteiger partial charge in [0.25, 0.3) is 5.91 Å². The van der Waals surface area contributed by atoms with Crippen LogP contribution in [0.25, 0.3) is 0 Å². The molecule has 0 unspecified atom stereocenters. The van der Waals surface area contributed by atoms with E-state index >= 15 is 0 Å². The van der Waals surface area contributed by atoms with E-state index in [9.17, 15) is 18.4 Å². The number of amides is 1. The summed E-state index contributed by atoms with van der Waals surface area (Å²) in [5.74, 6) is -2.38. The number of ketones is 1. The SMILES string of the molecule is N#Cc1cccc(Cc2nc(C(=O)N[C@@H]3C(=O)Cc4c(F)cc(F)cc4[C@@H]4C[C@H]34)n[nH]2)c1. The molecule has 0 spiro atoms. The smallest absolute Gasteiger partial charge is 0.291 e. The van der Waals surface area contributed by atoms with Crippen molar-refractivity contribution in [3.05, 3.63) is 81.9 Å². The number of nitrogens with one attached hydrogen (secondary N) is 2. The zero-order valence-corrected chi connectivity index (χ0v) is 16.7. The summed E-state index contributed by atoms with van der Waals surface area (Å²) in [6.45, 7) is 0. The van der Waals surface area contributed by atoms with E-state index in [1.807, 2.05) is 6.07 Å². The Morgan fingerprint density at radius 2 is 2.12 bits per heavy atom. The van der Waals surface area contributed by atoms with Gasteiger partial charge in [0.1, 0.15) is 17.5 Å². The second-order valence-electron chi connectivity index (χ2n) is 8.15. The molecule has 0 aliphatic heterocycles. The van der Waals surface area contributed by atoms with Crippen molar-refractivity contribution in [1.82, 2.24) is 20.5 Å². The van der Waals surface area contributed by atoms with Crippen molar-refractivity contribution < 1.29 is 18.4 Å². The lowest BCUT2D eigenvalue weighted by Crippen LogP contribution is -2.43. The molecule has 0 radical (unpaired) electrons. The Balaban J connectivity index is 1.30. The van der Waals surface area contributed by atoms with Gasteiger partial charge in [0.05, 0.1) is 17.7 Å². The minimum Gasteiger partial charge on any atom is -0.339 e. The van der Waals surface area contributed by atoms with E-state index in [2.05, 4.69) is 26.6 Å². The number of nitrogens with zero attached hydrogens (tertiary/aromatic N) is 3. The summed E-state index contributed by atoms with van der Waals surface area (Å²) >= 11 is 0. The molecule has 3 aromatic rings. The highest BCUT2D eigenvalue weighted by atomic mass is 19.1. The van der Waals surface area contributed by atoms with Crippen LogP contribution in [0.5, 0.6) is 0 Å². The molecule has 1 amide bonds. The molecule has 2 aliphatic carbocycles. The number of hydrogen-bond donors (Lipinski definition) is 2. The van der Waals surface area contributed by atoms with Gasteiger partial charge in [0.15, 0.2) is 5.78 Å². The standard InChI is InChI=1S/C23H17F2N5O2/c24-13-6-14-15-8-17(15)21(19(31)9-16(14)18(25)7-13)28-23(32)22-27-20(29-30-22)5-11-2-1-3-12(4-11)10-26/h1-4,6-7,15,17,21H,5,8-9H2,(H,28,32)(H,27,29,30)/t15-,17-,21-/m0/s1. The predicted molar refractivity (Wildman–Crippen MR) is 108 cm³/mol. The van der Waals surface area contributed by atoms with Crippen molar-refractivity contribution in [3.63, 3.8) is 0 Å². The Labute approximate surface area is 181 Å². The second-order valence-corrected chi connectivity index (χ2v) is 8.15. The summed E-state index contributed by atoms with van der Waals surface area (Å²) in [5.41, 5.74) is 2.07. The Bertz CT molecular complexity index is 1300. The number of carbonyl (C=O) groups excluding carboxylic acids is 2. The quantitative estimate of drug-likeness (QED) is 0.657. The lowest BCUT2D eigenvalue weighted by molar-refractivity contribution is -0.120. The first-order valence-electron chi connectivity index (χ1n) is 10.1. The van der Waals surface area contributed by atoms with Crippen LogP contribution in [0.3, 0.4) is 0 Å². The lowest BCUT2D eigenvalue weighted by atomic mass is 9.99. The van der Waals surface area contributed by atoms with Crippen LogP contribution in [0, 0.1) is 28.9 Å². The number of fused-ring (bicyclic) bond motifs is 3. The number of hydrogen-bond acceptors (Lipinski definition) is 5. The van der Waals surface area contributed by atoms with Crippen molar-refractivity contribution in [2.45, 2.75) is 31.2 Å². The fourth-order valence-corrected chi connectivity index (χ4v) is 4.42. The topological polar surface area (TPSA) is 112 Å². The molecule has 0 saturated heterocycles. The number of nitriles is 1. The van der Waals surface area contributed by atoms with Gasteiger partial charge in [-0.15, -0.1) is 5.10 Å². The third-order valence-corrected chi connectivity index (χ3v) is 6.01. The third kappa shape index (κ3) is 3.64. The van der Waals surface area contributed by atoms with E-state index in [4.69, 9.17) is 5.26 Å². The molecular weight excluding hydrogens is 416 g/mol. The normalized spacial score (nSPS) is 21.2. The van der Waals surface area contributed by atoms with Crippen molar-refractivity contribution in [1.29, 1.82) is 5.26 Å². The van der Waals surface area contributed by atoms with E-state index in [0.29, 0.717) is 29.8 Å². The summed E-state index contributed by atoms with van der Waals surface area (Å²) < 4.78 is 27.9. The molecule has 2 aliphatic rings. The highest BCUT2D eigenvalue weighted by molar-refractivity contribution is 5.97. The molecule has 1 aromatic heterocycles. The molecule has 1 heterocycles. The number of H-pyrrole nitrogens is 1. The van der Waals surface area contributed by atoms with Gasteiger partial charge in [-0.2, -0.15) is 5.26 Å².